The summed E-state index contributed by atoms with van der Waals surface area (Å²) in [5, 5.41) is 0. The first-order chi connectivity index (χ1) is 16.7. The number of nitrogens with zero attached hydrogens (tertiary/aromatic N) is 1. The molecule has 0 aliphatic carbocycles. The summed E-state index contributed by atoms with van der Waals surface area (Å²) in [4.78, 5) is 42.9. The van der Waals surface area contributed by atoms with Gasteiger partial charge in [-0.3, -0.25) is 14.4 Å². The lowest BCUT2D eigenvalue weighted by atomic mass is 9.85. The van der Waals surface area contributed by atoms with Crippen molar-refractivity contribution in [2.75, 3.05) is 48.0 Å². The second-order valence-electron chi connectivity index (χ2n) is 8.99. The number of ketones is 2. The monoisotopic (exact) mass is 483 g/mol. The number of aryl methyl sites for hydroxylation is 1. The van der Waals surface area contributed by atoms with Crippen molar-refractivity contribution < 1.29 is 33.5 Å². The molecule has 1 aliphatic rings. The van der Waals surface area contributed by atoms with Crippen LogP contribution in [0.5, 0.6) is 17.2 Å². The third-order valence-electron chi connectivity index (χ3n) is 6.27. The van der Waals surface area contributed by atoms with Crippen LogP contribution in [0.3, 0.4) is 0 Å². The molecule has 2 unspecified atom stereocenters. The van der Waals surface area contributed by atoms with Crippen LogP contribution >= 0.6 is 0 Å². The average molecular weight is 484 g/mol. The fourth-order valence-electron chi connectivity index (χ4n) is 4.56. The summed E-state index contributed by atoms with van der Waals surface area (Å²) < 4.78 is 16.4. The molecule has 0 radical (unpaired) electrons. The highest BCUT2D eigenvalue weighted by molar-refractivity contribution is 6.44. The Morgan fingerprint density at radius 3 is 2.29 bits per heavy atom. The van der Waals surface area contributed by atoms with Crippen molar-refractivity contribution in [3.8, 4) is 17.2 Å². The molecule has 0 spiro atoms. The number of benzene rings is 2. The van der Waals surface area contributed by atoms with Gasteiger partial charge in [0, 0.05) is 18.5 Å². The van der Waals surface area contributed by atoms with Crippen molar-refractivity contribution in [1.29, 1.82) is 0 Å². The summed E-state index contributed by atoms with van der Waals surface area (Å²) in [5.41, 5.74) is 1.81. The van der Waals surface area contributed by atoms with E-state index in [1.807, 2.05) is 27.9 Å². The Bertz CT molecular complexity index is 1100. The van der Waals surface area contributed by atoms with E-state index in [1.165, 1.54) is 12.0 Å². The van der Waals surface area contributed by atoms with E-state index in [2.05, 4.69) is 0 Å². The molecule has 0 saturated carbocycles. The molecule has 2 aromatic carbocycles. The SMILES string of the molecule is CCOc1ccc(C2C(C(=O)c3ccc(OC)c(C)c3)C(=O)C(=O)N2CCC[NH+](C)C)cc1OC. The Labute approximate surface area is 206 Å². The quantitative estimate of drug-likeness (QED) is 0.299. The van der Waals surface area contributed by atoms with Crippen molar-refractivity contribution in [2.24, 2.45) is 5.92 Å². The smallest absolute Gasteiger partial charge is 0.291 e. The zero-order valence-corrected chi connectivity index (χ0v) is 21.3. The lowest BCUT2D eigenvalue weighted by Crippen LogP contribution is -3.05. The van der Waals surface area contributed by atoms with Crippen molar-refractivity contribution in [2.45, 2.75) is 26.3 Å². The Balaban J connectivity index is 2.06. The van der Waals surface area contributed by atoms with E-state index in [9.17, 15) is 14.4 Å². The largest absolute Gasteiger partial charge is 0.496 e. The first kappa shape index (κ1) is 26.2. The Morgan fingerprint density at radius 2 is 1.69 bits per heavy atom. The van der Waals surface area contributed by atoms with Gasteiger partial charge in [0.2, 0.25) is 5.78 Å². The topological polar surface area (TPSA) is 86.6 Å². The highest BCUT2D eigenvalue weighted by atomic mass is 16.5. The molecule has 1 aliphatic heterocycles. The summed E-state index contributed by atoms with van der Waals surface area (Å²) in [6.07, 6.45) is 0.703. The highest BCUT2D eigenvalue weighted by Crippen LogP contribution is 2.41. The number of nitrogens with one attached hydrogen (secondary N) is 1. The number of hydrogen-bond acceptors (Lipinski definition) is 6. The zero-order valence-electron chi connectivity index (χ0n) is 21.3. The summed E-state index contributed by atoms with van der Waals surface area (Å²) in [7, 11) is 7.16. The van der Waals surface area contributed by atoms with Crippen molar-refractivity contribution >= 4 is 17.5 Å². The van der Waals surface area contributed by atoms with Crippen LogP contribution < -0.4 is 19.1 Å². The van der Waals surface area contributed by atoms with Gasteiger partial charge in [-0.1, -0.05) is 6.07 Å². The summed E-state index contributed by atoms with van der Waals surface area (Å²) in [6.45, 7) is 5.38. The number of amides is 1. The number of quaternary nitrogens is 1. The maximum Gasteiger partial charge on any atom is 0.291 e. The maximum atomic E-state index is 13.7. The van der Waals surface area contributed by atoms with E-state index in [0.717, 1.165) is 12.1 Å². The molecular weight excluding hydrogens is 448 g/mol. The molecule has 1 saturated heterocycles. The zero-order chi connectivity index (χ0) is 25.7. The van der Waals surface area contributed by atoms with Gasteiger partial charge in [0.25, 0.3) is 5.91 Å². The number of carbonyl (C=O) groups is 3. The molecular formula is C27H35N2O6+. The second-order valence-corrected chi connectivity index (χ2v) is 8.99. The lowest BCUT2D eigenvalue weighted by Gasteiger charge is -2.28. The minimum Gasteiger partial charge on any atom is -0.496 e. The molecule has 1 amide bonds. The molecule has 2 aromatic rings. The van der Waals surface area contributed by atoms with Crippen LogP contribution in [0.2, 0.25) is 0 Å². The molecule has 0 bridgehead atoms. The number of hydrogen-bond donors (Lipinski definition) is 1. The van der Waals surface area contributed by atoms with Crippen LogP contribution in [-0.4, -0.2) is 70.4 Å². The normalized spacial score (nSPS) is 17.7. The van der Waals surface area contributed by atoms with E-state index in [0.29, 0.717) is 47.9 Å². The number of rotatable bonds is 11. The van der Waals surface area contributed by atoms with Gasteiger partial charge >= 0.3 is 0 Å². The number of likely N-dealkylation sites (tertiary alicyclic amines) is 1. The number of Topliss-reactive ketones (excluding diaryl/α,β-unsaturated/α-hetero) is 2. The van der Waals surface area contributed by atoms with E-state index in [4.69, 9.17) is 14.2 Å². The van der Waals surface area contributed by atoms with E-state index in [1.54, 1.807) is 48.4 Å². The first-order valence-corrected chi connectivity index (χ1v) is 11.9. The summed E-state index contributed by atoms with van der Waals surface area (Å²) >= 11 is 0. The molecule has 1 heterocycles. The third-order valence-corrected chi connectivity index (χ3v) is 6.27. The highest BCUT2D eigenvalue weighted by Gasteiger charge is 2.51. The minimum atomic E-state index is -1.15. The second kappa shape index (κ2) is 11.4. The lowest BCUT2D eigenvalue weighted by molar-refractivity contribution is -0.858. The fraction of sp³-hybridized carbons (Fsp3) is 0.444. The van der Waals surface area contributed by atoms with Gasteiger partial charge in [0.05, 0.1) is 47.5 Å². The van der Waals surface area contributed by atoms with Crippen LogP contribution in [0.15, 0.2) is 36.4 Å². The number of methoxy groups -OCH3 is 2. The Kier molecular flexibility index (Phi) is 8.51. The molecule has 8 heteroatoms. The van der Waals surface area contributed by atoms with Crippen LogP contribution in [0, 0.1) is 12.8 Å². The molecule has 2 atom stereocenters. The van der Waals surface area contributed by atoms with Crippen LogP contribution in [0.25, 0.3) is 0 Å². The van der Waals surface area contributed by atoms with Gasteiger partial charge in [0.1, 0.15) is 11.7 Å². The van der Waals surface area contributed by atoms with Gasteiger partial charge in [-0.25, -0.2) is 0 Å². The molecule has 0 aromatic heterocycles. The Hall–Kier alpha value is -3.39. The molecule has 1 N–H and O–H groups in total. The predicted molar refractivity (Wildman–Crippen MR) is 131 cm³/mol. The van der Waals surface area contributed by atoms with E-state index >= 15 is 0 Å². The van der Waals surface area contributed by atoms with Gasteiger partial charge in [-0.2, -0.15) is 0 Å². The first-order valence-electron chi connectivity index (χ1n) is 11.9. The van der Waals surface area contributed by atoms with E-state index in [-0.39, 0.29) is 5.78 Å². The average Bonchev–Trinajstić information content (AvgIpc) is 3.08. The van der Waals surface area contributed by atoms with Crippen LogP contribution in [0.4, 0.5) is 0 Å². The van der Waals surface area contributed by atoms with Crippen molar-refractivity contribution in [3.05, 3.63) is 53.1 Å². The molecule has 8 nitrogen and oxygen atoms in total. The standard InChI is InChI=1S/C27H34N2O6/c1-7-35-21-12-9-18(16-22(21)34-6)24-23(25(30)19-10-11-20(33-5)17(2)15-19)26(31)27(32)29(24)14-8-13-28(3)4/h9-12,15-16,23-24H,7-8,13-14H2,1-6H3/p+1. The van der Waals surface area contributed by atoms with Gasteiger partial charge in [-0.15, -0.1) is 0 Å². The van der Waals surface area contributed by atoms with Gasteiger partial charge < -0.3 is 24.0 Å². The maximum absolute atomic E-state index is 13.7. The van der Waals surface area contributed by atoms with Crippen molar-refractivity contribution in [1.82, 2.24) is 4.90 Å². The van der Waals surface area contributed by atoms with Crippen LogP contribution in [0.1, 0.15) is 40.9 Å². The Morgan fingerprint density at radius 1 is 1.00 bits per heavy atom. The van der Waals surface area contributed by atoms with Crippen molar-refractivity contribution in [3.63, 3.8) is 0 Å². The van der Waals surface area contributed by atoms with Crippen LogP contribution in [-0.2, 0) is 9.59 Å². The molecule has 188 valence electrons. The fourth-order valence-corrected chi connectivity index (χ4v) is 4.56. The van der Waals surface area contributed by atoms with Gasteiger partial charge in [-0.05, 0) is 55.3 Å². The predicted octanol–water partition coefficient (Wildman–Crippen LogP) is 1.90. The summed E-state index contributed by atoms with van der Waals surface area (Å²) in [6, 6.07) is 9.63. The van der Waals surface area contributed by atoms with Gasteiger partial charge in [0.15, 0.2) is 17.3 Å². The van der Waals surface area contributed by atoms with E-state index < -0.39 is 23.7 Å². The third kappa shape index (κ3) is 5.48. The molecule has 1 fully saturated rings. The minimum absolute atomic E-state index is 0.372. The number of ether oxygens (including phenoxy) is 3. The molecule has 35 heavy (non-hydrogen) atoms. The summed E-state index contributed by atoms with van der Waals surface area (Å²) in [5.74, 6) is -1.14. The number of carbonyl (C=O) groups excluding carboxylic acids is 3. The molecule has 3 rings (SSSR count).